The van der Waals surface area contributed by atoms with Gasteiger partial charge in [0, 0.05) is 67.5 Å². The van der Waals surface area contributed by atoms with Crippen LogP contribution in [0, 0.1) is 0 Å². The zero-order valence-electron chi connectivity index (χ0n) is 28.5. The lowest BCUT2D eigenvalue weighted by molar-refractivity contribution is 0.421. The van der Waals surface area contributed by atoms with E-state index in [0.717, 1.165) is 59.3 Å². The van der Waals surface area contributed by atoms with Crippen LogP contribution >= 0.6 is 0 Å². The monoisotopic (exact) mass is 634 g/mol. The number of hydrogen-bond donors (Lipinski definition) is 0. The van der Waals surface area contributed by atoms with E-state index in [1.165, 1.54) is 61.6 Å². The van der Waals surface area contributed by atoms with Crippen molar-refractivity contribution in [2.24, 2.45) is 0 Å². The molecule has 3 fully saturated rings. The Balaban J connectivity index is 1.26. The molecule has 3 aliphatic rings. The highest BCUT2D eigenvalue weighted by atomic mass is 15.4. The zero-order valence-corrected chi connectivity index (χ0v) is 28.5. The fourth-order valence-corrected chi connectivity index (χ4v) is 7.70. The number of para-hydroxylation sites is 2. The van der Waals surface area contributed by atoms with E-state index in [2.05, 4.69) is 166 Å². The summed E-state index contributed by atoms with van der Waals surface area (Å²) in [5, 5.41) is 0. The Morgan fingerprint density at radius 3 is 1.17 bits per heavy atom. The Hall–Kier alpha value is -4.62. The highest BCUT2D eigenvalue weighted by molar-refractivity contribution is 5.92. The summed E-state index contributed by atoms with van der Waals surface area (Å²) in [6, 6.07) is 43.3. The molecule has 3 saturated heterocycles. The maximum atomic E-state index is 2.52. The van der Waals surface area contributed by atoms with Crippen molar-refractivity contribution in [3.63, 3.8) is 0 Å². The van der Waals surface area contributed by atoms with Gasteiger partial charge in [0.2, 0.25) is 0 Å². The van der Waals surface area contributed by atoms with Crippen molar-refractivity contribution in [1.82, 2.24) is 14.7 Å². The standard InChI is InChI=1S/C42H46N6/c1-43-20-23-46(29-43)36-18-16-32(17-19-36)37-10-4-5-11-38(37)33-26-34(39-12-6-8-14-41(39)47-24-21-44(2)30-47)28-35(27-33)40-13-7-9-15-42(40)48-25-22-45(3)31-48/h4-19,26-28H,20-25,29-31H2,1-3H3. The molecule has 5 aromatic rings. The summed E-state index contributed by atoms with van der Waals surface area (Å²) in [4.78, 5) is 14.6. The van der Waals surface area contributed by atoms with Gasteiger partial charge in [0.25, 0.3) is 0 Å². The van der Waals surface area contributed by atoms with Crippen LogP contribution in [0.1, 0.15) is 0 Å². The van der Waals surface area contributed by atoms with E-state index in [0.29, 0.717) is 0 Å². The number of nitrogens with zero attached hydrogens (tertiary/aromatic N) is 6. The van der Waals surface area contributed by atoms with Gasteiger partial charge in [0.15, 0.2) is 0 Å². The van der Waals surface area contributed by atoms with Gasteiger partial charge < -0.3 is 14.7 Å². The molecule has 6 heteroatoms. The summed E-state index contributed by atoms with van der Waals surface area (Å²) in [6.07, 6.45) is 0. The van der Waals surface area contributed by atoms with E-state index >= 15 is 0 Å². The van der Waals surface area contributed by atoms with Crippen LogP contribution in [0.15, 0.2) is 115 Å². The van der Waals surface area contributed by atoms with Crippen molar-refractivity contribution >= 4 is 17.1 Å². The van der Waals surface area contributed by atoms with Gasteiger partial charge in [-0.2, -0.15) is 0 Å². The summed E-state index contributed by atoms with van der Waals surface area (Å²) in [5.74, 6) is 0. The molecule has 0 N–H and O–H groups in total. The van der Waals surface area contributed by atoms with Gasteiger partial charge in [-0.25, -0.2) is 0 Å². The first-order valence-corrected chi connectivity index (χ1v) is 17.3. The lowest BCUT2D eigenvalue weighted by Crippen LogP contribution is -2.23. The van der Waals surface area contributed by atoms with E-state index in [1.807, 2.05) is 0 Å². The van der Waals surface area contributed by atoms with Crippen molar-refractivity contribution in [1.29, 1.82) is 0 Å². The molecule has 244 valence electrons. The third-order valence-electron chi connectivity index (χ3n) is 10.3. The van der Waals surface area contributed by atoms with Crippen LogP contribution in [0.3, 0.4) is 0 Å². The van der Waals surface area contributed by atoms with Crippen LogP contribution in [0.5, 0.6) is 0 Å². The molecule has 0 aromatic heterocycles. The zero-order chi connectivity index (χ0) is 32.6. The maximum absolute atomic E-state index is 2.52. The van der Waals surface area contributed by atoms with E-state index in [1.54, 1.807) is 0 Å². The van der Waals surface area contributed by atoms with Gasteiger partial charge in [-0.3, -0.25) is 14.7 Å². The van der Waals surface area contributed by atoms with Crippen molar-refractivity contribution < 1.29 is 0 Å². The summed E-state index contributed by atoms with van der Waals surface area (Å²) >= 11 is 0. The van der Waals surface area contributed by atoms with E-state index in [-0.39, 0.29) is 0 Å². The molecule has 0 amide bonds. The molecule has 3 aliphatic heterocycles. The first-order valence-electron chi connectivity index (χ1n) is 17.3. The van der Waals surface area contributed by atoms with E-state index in [9.17, 15) is 0 Å². The number of rotatable bonds is 7. The molecule has 6 nitrogen and oxygen atoms in total. The smallest absolute Gasteiger partial charge is 0.0706 e. The third-order valence-corrected chi connectivity index (χ3v) is 10.3. The van der Waals surface area contributed by atoms with Crippen LogP contribution in [-0.2, 0) is 0 Å². The van der Waals surface area contributed by atoms with Crippen molar-refractivity contribution in [3.05, 3.63) is 115 Å². The van der Waals surface area contributed by atoms with Crippen molar-refractivity contribution in [3.8, 4) is 44.5 Å². The van der Waals surface area contributed by atoms with Crippen LogP contribution in [0.2, 0.25) is 0 Å². The summed E-state index contributed by atoms with van der Waals surface area (Å²) < 4.78 is 0. The number of benzene rings is 5. The summed E-state index contributed by atoms with van der Waals surface area (Å²) in [7, 11) is 6.61. The normalized spacial score (nSPS) is 17.6. The fraction of sp³-hybridized carbons (Fsp3) is 0.286. The molecule has 5 aromatic carbocycles. The van der Waals surface area contributed by atoms with E-state index in [4.69, 9.17) is 0 Å². The molecule has 0 bridgehead atoms. The van der Waals surface area contributed by atoms with Gasteiger partial charge in [-0.15, -0.1) is 0 Å². The quantitative estimate of drug-likeness (QED) is 0.184. The molecular weight excluding hydrogens is 589 g/mol. The summed E-state index contributed by atoms with van der Waals surface area (Å²) in [5.41, 5.74) is 14.0. The molecule has 0 spiro atoms. The van der Waals surface area contributed by atoms with Crippen molar-refractivity contribution in [2.45, 2.75) is 0 Å². The van der Waals surface area contributed by atoms with Gasteiger partial charge in [0.1, 0.15) is 0 Å². The van der Waals surface area contributed by atoms with Crippen LogP contribution in [-0.4, -0.2) is 95.1 Å². The number of hydrogen-bond acceptors (Lipinski definition) is 6. The third kappa shape index (κ3) is 6.08. The average Bonchev–Trinajstić information content (AvgIpc) is 3.89. The first kappa shape index (κ1) is 30.7. The Bertz CT molecular complexity index is 1820. The fourth-order valence-electron chi connectivity index (χ4n) is 7.70. The predicted octanol–water partition coefficient (Wildman–Crippen LogP) is 7.48. The molecule has 8 rings (SSSR count). The minimum Gasteiger partial charge on any atom is -0.357 e. The molecule has 0 aliphatic carbocycles. The number of likely N-dealkylation sites (N-methyl/N-ethyl adjacent to an activating group) is 3. The Kier molecular flexibility index (Phi) is 8.39. The van der Waals surface area contributed by atoms with Gasteiger partial charge in [-0.05, 0) is 97.0 Å². The Morgan fingerprint density at radius 2 is 0.729 bits per heavy atom. The molecule has 0 unspecified atom stereocenters. The second kappa shape index (κ2) is 13.1. The first-order chi connectivity index (χ1) is 23.5. The highest BCUT2D eigenvalue weighted by Gasteiger charge is 2.23. The average molecular weight is 635 g/mol. The van der Waals surface area contributed by atoms with Gasteiger partial charge >= 0.3 is 0 Å². The van der Waals surface area contributed by atoms with Crippen molar-refractivity contribution in [2.75, 3.05) is 95.1 Å². The SMILES string of the molecule is CN1CCN(c2ccc(-c3ccccc3-c3cc(-c4ccccc4N4CCN(C)C4)cc(-c4ccccc4N4CCN(C)C4)c3)cc2)C1. The lowest BCUT2D eigenvalue weighted by Gasteiger charge is -2.24. The van der Waals surface area contributed by atoms with Gasteiger partial charge in [0.05, 0.1) is 20.0 Å². The molecule has 48 heavy (non-hydrogen) atoms. The van der Waals surface area contributed by atoms with Crippen LogP contribution in [0.4, 0.5) is 17.1 Å². The molecule has 0 atom stereocenters. The maximum Gasteiger partial charge on any atom is 0.0706 e. The Morgan fingerprint density at radius 1 is 0.354 bits per heavy atom. The minimum absolute atomic E-state index is 0.946. The van der Waals surface area contributed by atoms with E-state index < -0.39 is 0 Å². The highest BCUT2D eigenvalue weighted by Crippen LogP contribution is 2.42. The molecule has 3 heterocycles. The van der Waals surface area contributed by atoms with Gasteiger partial charge in [-0.1, -0.05) is 72.8 Å². The van der Waals surface area contributed by atoms with Crippen LogP contribution in [0.25, 0.3) is 44.5 Å². The largest absolute Gasteiger partial charge is 0.357 e. The molecular formula is C42H46N6. The summed E-state index contributed by atoms with van der Waals surface area (Å²) in [6.45, 7) is 9.30. The molecule has 0 saturated carbocycles. The van der Waals surface area contributed by atoms with Crippen LogP contribution < -0.4 is 14.7 Å². The lowest BCUT2D eigenvalue weighted by atomic mass is 9.89. The number of anilines is 3. The topological polar surface area (TPSA) is 19.4 Å². The Labute approximate surface area is 286 Å². The predicted molar refractivity (Wildman–Crippen MR) is 203 cm³/mol. The second-order valence-electron chi connectivity index (χ2n) is 13.9. The second-order valence-corrected chi connectivity index (χ2v) is 13.9. The molecule has 0 radical (unpaired) electrons. The minimum atomic E-state index is 0.946.